The van der Waals surface area contributed by atoms with E-state index in [1.54, 1.807) is 12.1 Å². The monoisotopic (exact) mass is 309 g/mol. The quantitative estimate of drug-likeness (QED) is 0.919. The van der Waals surface area contributed by atoms with Gasteiger partial charge in [0.25, 0.3) is 0 Å². The number of halogens is 2. The zero-order valence-corrected chi connectivity index (χ0v) is 11.7. The van der Waals surface area contributed by atoms with Crippen molar-refractivity contribution < 1.29 is 4.39 Å². The van der Waals surface area contributed by atoms with Gasteiger partial charge in [-0.15, -0.1) is 0 Å². The van der Waals surface area contributed by atoms with E-state index >= 15 is 0 Å². The lowest BCUT2D eigenvalue weighted by Crippen LogP contribution is -2.02. The van der Waals surface area contributed by atoms with E-state index in [1.165, 1.54) is 12.1 Å². The summed E-state index contributed by atoms with van der Waals surface area (Å²) in [5, 5.41) is 0. The maximum absolute atomic E-state index is 13.1. The Balaban J connectivity index is 2.56. The molecule has 0 saturated carbocycles. The number of nitrogens with zero attached hydrogens (tertiary/aromatic N) is 2. The molecule has 2 aromatic rings. The third kappa shape index (κ3) is 2.67. The lowest BCUT2D eigenvalue weighted by Gasteiger charge is -2.09. The van der Waals surface area contributed by atoms with Crippen molar-refractivity contribution in [3.05, 3.63) is 40.2 Å². The molecule has 0 aliphatic carbocycles. The third-order valence-electron chi connectivity index (χ3n) is 2.53. The van der Waals surface area contributed by atoms with E-state index in [1.807, 2.05) is 13.8 Å². The fourth-order valence-electron chi connectivity index (χ4n) is 1.57. The molecule has 5 heteroatoms. The van der Waals surface area contributed by atoms with E-state index in [0.717, 1.165) is 11.3 Å². The van der Waals surface area contributed by atoms with Crippen molar-refractivity contribution >= 4 is 21.7 Å². The second-order valence-electron chi connectivity index (χ2n) is 4.32. The Hall–Kier alpha value is -1.49. The molecular weight excluding hydrogens is 297 g/mol. The lowest BCUT2D eigenvalue weighted by atomic mass is 10.1. The summed E-state index contributed by atoms with van der Waals surface area (Å²) >= 11 is 3.31. The first-order valence-electron chi connectivity index (χ1n) is 5.57. The predicted molar refractivity (Wildman–Crippen MR) is 73.6 cm³/mol. The van der Waals surface area contributed by atoms with Crippen molar-refractivity contribution in [1.29, 1.82) is 0 Å². The molecule has 0 saturated heterocycles. The molecule has 94 valence electrons. The van der Waals surface area contributed by atoms with Gasteiger partial charge < -0.3 is 5.73 Å². The number of nitrogen functional groups attached to an aromatic ring is 1. The van der Waals surface area contributed by atoms with Gasteiger partial charge in [-0.25, -0.2) is 14.4 Å². The minimum absolute atomic E-state index is 0.258. The van der Waals surface area contributed by atoms with Crippen LogP contribution in [-0.4, -0.2) is 9.97 Å². The van der Waals surface area contributed by atoms with Crippen LogP contribution in [0, 0.1) is 5.82 Å². The van der Waals surface area contributed by atoms with Crippen molar-refractivity contribution in [2.45, 2.75) is 19.8 Å². The van der Waals surface area contributed by atoms with Gasteiger partial charge in [0.15, 0.2) is 5.82 Å². The molecule has 0 aliphatic rings. The molecule has 0 amide bonds. The maximum Gasteiger partial charge on any atom is 0.162 e. The molecule has 1 aromatic carbocycles. The van der Waals surface area contributed by atoms with Gasteiger partial charge in [-0.2, -0.15) is 0 Å². The molecule has 2 rings (SSSR count). The number of hydrogen-bond donors (Lipinski definition) is 1. The van der Waals surface area contributed by atoms with Crippen molar-refractivity contribution in [1.82, 2.24) is 9.97 Å². The largest absolute Gasteiger partial charge is 0.384 e. The first-order chi connectivity index (χ1) is 8.47. The minimum atomic E-state index is -0.307. The standard InChI is InChI=1S/C13H13BrFN3/c1-7(2)11-6-12(16)18-13(17-11)9-4-3-8(15)5-10(9)14/h3-7H,1-2H3,(H2,16,17,18). The van der Waals surface area contributed by atoms with Crippen molar-refractivity contribution in [3.8, 4) is 11.4 Å². The molecule has 0 radical (unpaired) electrons. The number of aromatic nitrogens is 2. The zero-order valence-electron chi connectivity index (χ0n) is 10.1. The van der Waals surface area contributed by atoms with Crippen molar-refractivity contribution in [2.75, 3.05) is 5.73 Å². The van der Waals surface area contributed by atoms with E-state index < -0.39 is 0 Å². The van der Waals surface area contributed by atoms with E-state index in [2.05, 4.69) is 25.9 Å². The van der Waals surface area contributed by atoms with Crippen LogP contribution in [0.3, 0.4) is 0 Å². The average Bonchev–Trinajstić information content (AvgIpc) is 2.27. The van der Waals surface area contributed by atoms with Gasteiger partial charge in [0, 0.05) is 21.8 Å². The highest BCUT2D eigenvalue weighted by Gasteiger charge is 2.11. The predicted octanol–water partition coefficient (Wildman–Crippen LogP) is 3.75. The molecule has 18 heavy (non-hydrogen) atoms. The second kappa shape index (κ2) is 5.02. The summed E-state index contributed by atoms with van der Waals surface area (Å²) in [6, 6.07) is 6.16. The molecule has 0 bridgehead atoms. The van der Waals surface area contributed by atoms with Crippen LogP contribution in [0.1, 0.15) is 25.5 Å². The number of anilines is 1. The molecule has 1 aromatic heterocycles. The summed E-state index contributed by atoms with van der Waals surface area (Å²) in [5.74, 6) is 0.873. The van der Waals surface area contributed by atoms with Gasteiger partial charge >= 0.3 is 0 Å². The summed E-state index contributed by atoms with van der Waals surface area (Å²) < 4.78 is 13.7. The molecule has 0 fully saturated rings. The van der Waals surface area contributed by atoms with Crippen LogP contribution in [0.5, 0.6) is 0 Å². The van der Waals surface area contributed by atoms with Crippen molar-refractivity contribution in [2.24, 2.45) is 0 Å². The third-order valence-corrected chi connectivity index (χ3v) is 3.19. The summed E-state index contributed by atoms with van der Waals surface area (Å²) in [5.41, 5.74) is 7.37. The Kier molecular flexibility index (Phi) is 3.61. The van der Waals surface area contributed by atoms with Gasteiger partial charge in [-0.3, -0.25) is 0 Å². The Morgan fingerprint density at radius 2 is 1.94 bits per heavy atom. The fourth-order valence-corrected chi connectivity index (χ4v) is 2.10. The smallest absolute Gasteiger partial charge is 0.162 e. The summed E-state index contributed by atoms with van der Waals surface area (Å²) in [6.07, 6.45) is 0. The first kappa shape index (κ1) is 13.0. The Bertz CT molecular complexity index is 584. The Morgan fingerprint density at radius 1 is 1.22 bits per heavy atom. The number of benzene rings is 1. The highest BCUT2D eigenvalue weighted by molar-refractivity contribution is 9.10. The second-order valence-corrected chi connectivity index (χ2v) is 5.17. The van der Waals surface area contributed by atoms with E-state index in [4.69, 9.17) is 5.73 Å². The molecular formula is C13H13BrFN3. The topological polar surface area (TPSA) is 51.8 Å². The highest BCUT2D eigenvalue weighted by atomic mass is 79.9. The first-order valence-corrected chi connectivity index (χ1v) is 6.36. The average molecular weight is 310 g/mol. The Morgan fingerprint density at radius 3 is 2.56 bits per heavy atom. The van der Waals surface area contributed by atoms with Crippen LogP contribution >= 0.6 is 15.9 Å². The molecule has 0 spiro atoms. The maximum atomic E-state index is 13.1. The van der Waals surface area contributed by atoms with E-state index in [-0.39, 0.29) is 11.7 Å². The Labute approximate surface area is 113 Å². The van der Waals surface area contributed by atoms with Crippen LogP contribution in [-0.2, 0) is 0 Å². The number of nitrogens with two attached hydrogens (primary N) is 1. The summed E-state index contributed by atoms with van der Waals surface area (Å²) in [6.45, 7) is 4.07. The molecule has 3 nitrogen and oxygen atoms in total. The van der Waals surface area contributed by atoms with Crippen LogP contribution in [0.2, 0.25) is 0 Å². The van der Waals surface area contributed by atoms with Gasteiger partial charge in [0.05, 0.1) is 0 Å². The highest BCUT2D eigenvalue weighted by Crippen LogP contribution is 2.28. The molecule has 1 heterocycles. The van der Waals surface area contributed by atoms with E-state index in [0.29, 0.717) is 16.1 Å². The van der Waals surface area contributed by atoms with Gasteiger partial charge in [-0.1, -0.05) is 13.8 Å². The van der Waals surface area contributed by atoms with Crippen LogP contribution in [0.15, 0.2) is 28.7 Å². The van der Waals surface area contributed by atoms with Crippen molar-refractivity contribution in [3.63, 3.8) is 0 Å². The van der Waals surface area contributed by atoms with E-state index in [9.17, 15) is 4.39 Å². The number of rotatable bonds is 2. The minimum Gasteiger partial charge on any atom is -0.384 e. The molecule has 2 N–H and O–H groups in total. The van der Waals surface area contributed by atoms with Gasteiger partial charge in [0.2, 0.25) is 0 Å². The summed E-state index contributed by atoms with van der Waals surface area (Å²) in [7, 11) is 0. The van der Waals surface area contributed by atoms with Gasteiger partial charge in [0.1, 0.15) is 11.6 Å². The number of hydrogen-bond acceptors (Lipinski definition) is 3. The SMILES string of the molecule is CC(C)c1cc(N)nc(-c2ccc(F)cc2Br)n1. The van der Waals surface area contributed by atoms with Crippen LogP contribution in [0.4, 0.5) is 10.2 Å². The fraction of sp³-hybridized carbons (Fsp3) is 0.231. The molecule has 0 atom stereocenters. The molecule has 0 unspecified atom stereocenters. The molecule has 0 aliphatic heterocycles. The van der Waals surface area contributed by atoms with Crippen LogP contribution < -0.4 is 5.73 Å². The van der Waals surface area contributed by atoms with Gasteiger partial charge in [-0.05, 0) is 40.0 Å². The van der Waals surface area contributed by atoms with Crippen LogP contribution in [0.25, 0.3) is 11.4 Å². The zero-order chi connectivity index (χ0) is 13.3. The lowest BCUT2D eigenvalue weighted by molar-refractivity contribution is 0.627. The summed E-state index contributed by atoms with van der Waals surface area (Å²) in [4.78, 5) is 8.64. The normalized spacial score (nSPS) is 10.9.